The Bertz CT molecular complexity index is 1300. The molecule has 1 N–H and O–H groups in total. The van der Waals surface area contributed by atoms with Crippen molar-refractivity contribution in [1.29, 1.82) is 0 Å². The van der Waals surface area contributed by atoms with Crippen LogP contribution in [0.5, 0.6) is 0 Å². The van der Waals surface area contributed by atoms with Crippen molar-refractivity contribution in [3.05, 3.63) is 70.2 Å². The first-order valence-corrected chi connectivity index (χ1v) is 14.9. The van der Waals surface area contributed by atoms with E-state index in [-0.39, 0.29) is 34.1 Å². The molecule has 2 fully saturated rings. The highest BCUT2D eigenvalue weighted by Crippen LogP contribution is 2.38. The number of nitrogens with one attached hydrogen (secondary N) is 1. The van der Waals surface area contributed by atoms with Gasteiger partial charge in [-0.3, -0.25) is 9.59 Å². The first-order valence-electron chi connectivity index (χ1n) is 14.5. The number of carbonyl (C=O) groups excluding carboxylic acids is 2. The number of ketones is 1. The number of rotatable bonds is 9. The van der Waals surface area contributed by atoms with Crippen LogP contribution in [0.25, 0.3) is 0 Å². The van der Waals surface area contributed by atoms with E-state index in [1.54, 1.807) is 0 Å². The number of likely N-dealkylation sites (tertiary alicyclic amines) is 1. The van der Waals surface area contributed by atoms with E-state index < -0.39 is 17.2 Å². The van der Waals surface area contributed by atoms with E-state index in [2.05, 4.69) is 27.3 Å². The van der Waals surface area contributed by atoms with Gasteiger partial charge in [-0.25, -0.2) is 8.78 Å². The molecule has 1 amide bonds. The zero-order chi connectivity index (χ0) is 31.7. The highest BCUT2D eigenvalue weighted by atomic mass is 35.5. The fourth-order valence-corrected chi connectivity index (χ4v) is 4.92. The third-order valence-corrected chi connectivity index (χ3v) is 7.43. The molecule has 2 aromatic rings. The molecule has 0 spiro atoms. The van der Waals surface area contributed by atoms with Crippen LogP contribution in [0.2, 0.25) is 5.02 Å². The van der Waals surface area contributed by atoms with Gasteiger partial charge in [0.1, 0.15) is 17.3 Å². The molecule has 1 saturated heterocycles. The number of carbonyl (C=O) groups is 2. The minimum atomic E-state index is -0.707. The zero-order valence-electron chi connectivity index (χ0n) is 26.2. The van der Waals surface area contributed by atoms with Gasteiger partial charge < -0.3 is 10.2 Å². The van der Waals surface area contributed by atoms with Crippen LogP contribution in [0.15, 0.2) is 52.7 Å². The van der Waals surface area contributed by atoms with E-state index in [9.17, 15) is 18.4 Å². The van der Waals surface area contributed by atoms with Crippen LogP contribution >= 0.6 is 11.6 Å². The summed E-state index contributed by atoms with van der Waals surface area (Å²) in [4.78, 5) is 25.9. The zero-order valence-corrected chi connectivity index (χ0v) is 26.9. The third kappa shape index (κ3) is 11.0. The normalized spacial score (nSPS) is 16.7. The van der Waals surface area contributed by atoms with Crippen molar-refractivity contribution in [2.24, 2.45) is 21.5 Å². The number of amides is 1. The van der Waals surface area contributed by atoms with Gasteiger partial charge in [0.25, 0.3) is 0 Å². The highest BCUT2D eigenvalue weighted by molar-refractivity contribution is 6.38. The summed E-state index contributed by atoms with van der Waals surface area (Å²) in [7, 11) is 0. The minimum absolute atomic E-state index is 0.128. The molecule has 2 aliphatic rings. The van der Waals surface area contributed by atoms with Crippen LogP contribution in [-0.2, 0) is 15.1 Å². The van der Waals surface area contributed by atoms with Crippen molar-refractivity contribution in [2.45, 2.75) is 80.2 Å². The Morgan fingerprint density at radius 1 is 1.05 bits per heavy atom. The fourth-order valence-electron chi connectivity index (χ4n) is 4.73. The molecule has 0 bridgehead atoms. The molecule has 2 aromatic carbocycles. The standard InChI is InChI=1S/C19H27ClN2O.C12H12F2N2O.C2H6/c1-18(2,15-5-4-6-16(20)9-15)21-17(23)10-19(3)12-22(13-19)11-14-7-8-14;1-7(9(3)17)15-16-8(2)11-5-4-10(13)6-12(11)14;1-2/h4-6,9,14H,7-8,10-13H2,1-3H3,(H,21,23);4-6H,1-3H3;1-2H3/b;15-7+,16-8+;. The van der Waals surface area contributed by atoms with Crippen molar-refractivity contribution < 1.29 is 18.4 Å². The Balaban J connectivity index is 0.000000290. The summed E-state index contributed by atoms with van der Waals surface area (Å²) in [5.74, 6) is -0.510. The second-order valence-corrected chi connectivity index (χ2v) is 12.3. The molecule has 4 rings (SSSR count). The lowest BCUT2D eigenvalue weighted by Gasteiger charge is -2.48. The van der Waals surface area contributed by atoms with Gasteiger partial charge in [-0.1, -0.05) is 44.5 Å². The Labute approximate surface area is 254 Å². The average molecular weight is 603 g/mol. The number of benzene rings is 2. The predicted molar refractivity (Wildman–Crippen MR) is 168 cm³/mol. The van der Waals surface area contributed by atoms with Gasteiger partial charge in [-0.05, 0) is 76.3 Å². The maximum absolute atomic E-state index is 13.3. The number of hydrogen-bond acceptors (Lipinski definition) is 5. The summed E-state index contributed by atoms with van der Waals surface area (Å²) in [5, 5.41) is 11.3. The molecule has 1 aliphatic carbocycles. The maximum Gasteiger partial charge on any atom is 0.221 e. The molecule has 0 radical (unpaired) electrons. The Morgan fingerprint density at radius 3 is 2.24 bits per heavy atom. The quantitative estimate of drug-likeness (QED) is 0.237. The Kier molecular flexibility index (Phi) is 13.0. The molecular formula is C33H45ClF2N4O2. The van der Waals surface area contributed by atoms with Crippen LogP contribution in [0.1, 0.15) is 85.8 Å². The van der Waals surface area contributed by atoms with Gasteiger partial charge in [-0.15, -0.1) is 0 Å². The molecule has 0 unspecified atom stereocenters. The van der Waals surface area contributed by atoms with Gasteiger partial charge in [0.2, 0.25) is 5.91 Å². The second kappa shape index (κ2) is 15.5. The molecule has 42 heavy (non-hydrogen) atoms. The molecule has 0 aromatic heterocycles. The van der Waals surface area contributed by atoms with Gasteiger partial charge >= 0.3 is 0 Å². The maximum atomic E-state index is 13.3. The summed E-state index contributed by atoms with van der Waals surface area (Å²) in [6.45, 7) is 18.0. The molecule has 9 heteroatoms. The van der Waals surface area contributed by atoms with Crippen molar-refractivity contribution in [2.75, 3.05) is 19.6 Å². The molecule has 0 atom stereocenters. The topological polar surface area (TPSA) is 74.1 Å². The average Bonchev–Trinajstić information content (AvgIpc) is 3.71. The predicted octanol–water partition coefficient (Wildman–Crippen LogP) is 7.58. The lowest BCUT2D eigenvalue weighted by molar-refractivity contribution is -0.128. The number of nitrogens with zero attached hydrogens (tertiary/aromatic N) is 3. The van der Waals surface area contributed by atoms with Crippen molar-refractivity contribution in [1.82, 2.24) is 10.2 Å². The Morgan fingerprint density at radius 2 is 1.69 bits per heavy atom. The lowest BCUT2D eigenvalue weighted by Crippen LogP contribution is -2.57. The number of hydrogen-bond donors (Lipinski definition) is 1. The Hall–Kier alpha value is -2.97. The molecule has 6 nitrogen and oxygen atoms in total. The van der Waals surface area contributed by atoms with Crippen LogP contribution in [0.4, 0.5) is 8.78 Å². The minimum Gasteiger partial charge on any atom is -0.347 e. The third-order valence-electron chi connectivity index (χ3n) is 7.19. The number of Topliss-reactive ketones (excluding diaryl/α,β-unsaturated/α-hetero) is 1. The second-order valence-electron chi connectivity index (χ2n) is 11.8. The van der Waals surface area contributed by atoms with E-state index in [1.165, 1.54) is 46.2 Å². The summed E-state index contributed by atoms with van der Waals surface area (Å²) >= 11 is 6.07. The van der Waals surface area contributed by atoms with Crippen molar-refractivity contribution in [3.8, 4) is 0 Å². The van der Waals surface area contributed by atoms with Crippen LogP contribution < -0.4 is 5.32 Å². The SMILES string of the molecule is CC.CC(=O)/C(C)=N/N=C(\C)c1ccc(F)cc1F.CC1(CC(=O)NC(C)(C)c2cccc(Cl)c2)CN(CC2CC2)C1. The monoisotopic (exact) mass is 602 g/mol. The largest absolute Gasteiger partial charge is 0.347 e. The summed E-state index contributed by atoms with van der Waals surface area (Å²) in [6, 6.07) is 10.9. The summed E-state index contributed by atoms with van der Waals surface area (Å²) in [5.41, 5.74) is 1.42. The summed E-state index contributed by atoms with van der Waals surface area (Å²) < 4.78 is 26.0. The number of halogens is 3. The van der Waals surface area contributed by atoms with E-state index in [1.807, 2.05) is 52.0 Å². The van der Waals surface area contributed by atoms with E-state index in [4.69, 9.17) is 11.6 Å². The van der Waals surface area contributed by atoms with Gasteiger partial charge in [-0.2, -0.15) is 10.2 Å². The molecule has 1 heterocycles. The van der Waals surface area contributed by atoms with Crippen LogP contribution in [0.3, 0.4) is 0 Å². The lowest BCUT2D eigenvalue weighted by atomic mass is 9.78. The van der Waals surface area contributed by atoms with E-state index in [0.717, 1.165) is 36.7 Å². The van der Waals surface area contributed by atoms with E-state index in [0.29, 0.717) is 11.4 Å². The molecule has 230 valence electrons. The van der Waals surface area contributed by atoms with Crippen molar-refractivity contribution in [3.63, 3.8) is 0 Å². The van der Waals surface area contributed by atoms with E-state index >= 15 is 0 Å². The van der Waals surface area contributed by atoms with Crippen LogP contribution in [-0.4, -0.2) is 47.6 Å². The first-order chi connectivity index (χ1) is 19.7. The van der Waals surface area contributed by atoms with Gasteiger partial charge in [0.05, 0.1) is 11.3 Å². The van der Waals surface area contributed by atoms with Gasteiger partial charge in [0.15, 0.2) is 5.78 Å². The smallest absolute Gasteiger partial charge is 0.221 e. The fraction of sp³-hybridized carbons (Fsp3) is 0.515. The van der Waals surface area contributed by atoms with Gasteiger partial charge in [0, 0.05) is 55.0 Å². The van der Waals surface area contributed by atoms with Crippen LogP contribution in [0, 0.1) is 23.0 Å². The van der Waals surface area contributed by atoms with Crippen molar-refractivity contribution >= 4 is 34.7 Å². The highest BCUT2D eigenvalue weighted by Gasteiger charge is 2.42. The summed E-state index contributed by atoms with van der Waals surface area (Å²) in [6.07, 6.45) is 3.38. The molecular weight excluding hydrogens is 558 g/mol. The molecule has 1 aliphatic heterocycles. The molecule has 1 saturated carbocycles. The first kappa shape index (κ1) is 35.2.